The molecule has 3 heterocycles. The van der Waals surface area contributed by atoms with Crippen LogP contribution in [0.1, 0.15) is 5.56 Å². The van der Waals surface area contributed by atoms with Gasteiger partial charge in [-0.15, -0.1) is 0 Å². The van der Waals surface area contributed by atoms with Crippen LogP contribution in [0.5, 0.6) is 0 Å². The van der Waals surface area contributed by atoms with E-state index in [4.69, 9.17) is 11.6 Å². The number of para-hydroxylation sites is 1. The second-order valence-corrected chi connectivity index (χ2v) is 15.2. The van der Waals surface area contributed by atoms with Gasteiger partial charge in [0, 0.05) is 44.3 Å². The molecule has 0 spiro atoms. The minimum absolute atomic E-state index is 0.400. The molecule has 0 radical (unpaired) electrons. The smallest absolute Gasteiger partial charge is 0.220 e. The van der Waals surface area contributed by atoms with Gasteiger partial charge in [-0.1, -0.05) is 158 Å². The van der Waals surface area contributed by atoms with E-state index in [-0.39, 0.29) is 0 Å². The van der Waals surface area contributed by atoms with Crippen molar-refractivity contribution >= 4 is 70.8 Å². The number of pyridine rings is 1. The van der Waals surface area contributed by atoms with E-state index in [0.717, 1.165) is 98.7 Å². The van der Waals surface area contributed by atoms with Gasteiger partial charge in [0.05, 0.1) is 51.8 Å². The van der Waals surface area contributed by atoms with E-state index >= 15 is 0 Å². The summed E-state index contributed by atoms with van der Waals surface area (Å²) >= 11 is 0. The lowest BCUT2D eigenvalue weighted by atomic mass is 9.88. The normalized spacial score (nSPS) is 11.6. The Bertz CT molecular complexity index is 3680. The maximum atomic E-state index is 11.7. The molecule has 0 aliphatic heterocycles. The Morgan fingerprint density at radius 3 is 1.63 bits per heavy atom. The topological polar surface area (TPSA) is 50.9 Å². The van der Waals surface area contributed by atoms with Gasteiger partial charge in [0.15, 0.2) is 0 Å². The van der Waals surface area contributed by atoms with Crippen molar-refractivity contribution in [2.24, 2.45) is 0 Å². The molecule has 5 nitrogen and oxygen atoms in total. The van der Waals surface area contributed by atoms with E-state index in [1.54, 1.807) is 0 Å². The third-order valence-electron chi connectivity index (χ3n) is 12.2. The van der Waals surface area contributed by atoms with E-state index in [0.29, 0.717) is 22.5 Å². The molecule has 12 aromatic rings. The third kappa shape index (κ3) is 4.57. The highest BCUT2D eigenvalue weighted by Gasteiger charge is 2.32. The molecule has 0 saturated heterocycles. The Labute approximate surface area is 345 Å². The predicted octanol–water partition coefficient (Wildman–Crippen LogP) is 14.4. The Hall–Kier alpha value is -8.51. The minimum Gasteiger partial charge on any atom is -0.317 e. The van der Waals surface area contributed by atoms with Crippen LogP contribution < -0.4 is 0 Å². The van der Waals surface area contributed by atoms with Crippen molar-refractivity contribution in [2.45, 2.75) is 0 Å². The lowest BCUT2D eigenvalue weighted by Crippen LogP contribution is -2.08. The first-order valence-electron chi connectivity index (χ1n) is 20.0. The summed E-state index contributed by atoms with van der Waals surface area (Å²) in [6, 6.07) is 63.3. The van der Waals surface area contributed by atoms with E-state index in [9.17, 15) is 5.26 Å². The van der Waals surface area contributed by atoms with Crippen molar-refractivity contribution in [1.82, 2.24) is 14.1 Å². The first kappa shape index (κ1) is 33.6. The number of fused-ring (bicyclic) bond motifs is 6. The van der Waals surface area contributed by atoms with Crippen LogP contribution >= 0.6 is 0 Å². The minimum atomic E-state index is 0.400. The van der Waals surface area contributed by atoms with Gasteiger partial charge in [0.25, 0.3) is 0 Å². The monoisotopic (exact) mass is 761 g/mol. The van der Waals surface area contributed by atoms with Crippen molar-refractivity contribution in [3.63, 3.8) is 0 Å². The van der Waals surface area contributed by atoms with E-state index in [1.165, 1.54) is 0 Å². The van der Waals surface area contributed by atoms with Gasteiger partial charge < -0.3 is 9.13 Å². The van der Waals surface area contributed by atoms with E-state index in [1.807, 2.05) is 67.0 Å². The van der Waals surface area contributed by atoms with Gasteiger partial charge in [-0.3, -0.25) is 4.98 Å². The van der Waals surface area contributed by atoms with Crippen LogP contribution in [-0.2, 0) is 0 Å². The van der Waals surface area contributed by atoms with Gasteiger partial charge in [0.1, 0.15) is 6.07 Å². The standard InChI is InChI=1S/C55H31N5/c1-57-53-48(35-19-7-3-8-20-35)42(31-56)54(59-44-28-14-13-25-41(44)50-37(26-15-29-45(50)59)34-17-5-2-6-18-34)49(36-21-9-4-10-22-36)55(53)60-46-30-16-27-40-38-23-11-12-24-39(38)43-32-58-33-47(60)52(43)51(40)46/h2-30,32-33H. The fourth-order valence-electron chi connectivity index (χ4n) is 9.88. The van der Waals surface area contributed by atoms with Crippen LogP contribution in [0.3, 0.4) is 0 Å². The predicted molar refractivity (Wildman–Crippen MR) is 246 cm³/mol. The highest BCUT2D eigenvalue weighted by molar-refractivity contribution is 6.34. The number of hydrogen-bond acceptors (Lipinski definition) is 2. The maximum absolute atomic E-state index is 11.7. The second kappa shape index (κ2) is 13.0. The average molecular weight is 762 g/mol. The molecule has 60 heavy (non-hydrogen) atoms. The van der Waals surface area contributed by atoms with Crippen molar-refractivity contribution < 1.29 is 0 Å². The summed E-state index contributed by atoms with van der Waals surface area (Å²) < 4.78 is 4.53. The molecule has 0 unspecified atom stereocenters. The first-order valence-corrected chi connectivity index (χ1v) is 20.0. The fraction of sp³-hybridized carbons (Fsp3) is 0. The molecule has 0 aliphatic rings. The number of nitriles is 1. The molecule has 0 atom stereocenters. The van der Waals surface area contributed by atoms with Gasteiger partial charge in [0.2, 0.25) is 5.69 Å². The van der Waals surface area contributed by atoms with Gasteiger partial charge >= 0.3 is 0 Å². The largest absolute Gasteiger partial charge is 0.317 e. The van der Waals surface area contributed by atoms with Crippen molar-refractivity contribution in [2.75, 3.05) is 0 Å². The summed E-state index contributed by atoms with van der Waals surface area (Å²) in [6.45, 7) is 9.14. The lowest BCUT2D eigenvalue weighted by Gasteiger charge is -2.25. The molecule has 276 valence electrons. The summed E-state index contributed by atoms with van der Waals surface area (Å²) in [5.74, 6) is 0. The number of hydrogen-bond donors (Lipinski definition) is 0. The van der Waals surface area contributed by atoms with Crippen LogP contribution in [0.25, 0.3) is 115 Å². The average Bonchev–Trinajstić information content (AvgIpc) is 3.84. The van der Waals surface area contributed by atoms with Crippen LogP contribution in [0.4, 0.5) is 5.69 Å². The molecular weight excluding hydrogens is 731 g/mol. The van der Waals surface area contributed by atoms with Gasteiger partial charge in [-0.05, 0) is 56.6 Å². The molecule has 0 saturated carbocycles. The summed E-state index contributed by atoms with van der Waals surface area (Å²) in [5.41, 5.74) is 11.3. The number of aromatic nitrogens is 3. The molecule has 9 aromatic carbocycles. The molecular formula is C55H31N5. The number of benzene rings is 9. The molecule has 5 heteroatoms. The Balaban J connectivity index is 1.37. The summed E-state index contributed by atoms with van der Waals surface area (Å²) in [4.78, 5) is 9.36. The Morgan fingerprint density at radius 1 is 0.433 bits per heavy atom. The summed E-state index contributed by atoms with van der Waals surface area (Å²) in [6.07, 6.45) is 3.91. The zero-order valence-corrected chi connectivity index (χ0v) is 32.1. The van der Waals surface area contributed by atoms with Crippen molar-refractivity contribution in [3.8, 4) is 50.8 Å². The zero-order valence-electron chi connectivity index (χ0n) is 32.1. The molecule has 0 aliphatic carbocycles. The van der Waals surface area contributed by atoms with Crippen molar-refractivity contribution in [1.29, 1.82) is 5.26 Å². The maximum Gasteiger partial charge on any atom is 0.220 e. The number of nitrogens with zero attached hydrogens (tertiary/aromatic N) is 5. The Morgan fingerprint density at radius 2 is 0.950 bits per heavy atom. The van der Waals surface area contributed by atoms with Gasteiger partial charge in [-0.25, -0.2) is 4.85 Å². The first-order chi connectivity index (χ1) is 29.8. The lowest BCUT2D eigenvalue weighted by molar-refractivity contribution is 1.13. The van der Waals surface area contributed by atoms with E-state index < -0.39 is 0 Å². The molecule has 0 bridgehead atoms. The van der Waals surface area contributed by atoms with Crippen LogP contribution in [-0.4, -0.2) is 14.1 Å². The second-order valence-electron chi connectivity index (χ2n) is 15.2. The Kier molecular flexibility index (Phi) is 7.29. The SMILES string of the molecule is [C-]#[N+]c1c(-c2ccccc2)c(C#N)c(-n2c3ccccc3c3c(-c4ccccc4)cccc32)c(-c2ccccc2)c1-n1c2cccc3c4ccccc4c4cncc1c4c32. The van der Waals surface area contributed by atoms with Crippen LogP contribution in [0, 0.1) is 17.9 Å². The van der Waals surface area contributed by atoms with Gasteiger partial charge in [-0.2, -0.15) is 5.26 Å². The molecule has 0 fully saturated rings. The highest BCUT2D eigenvalue weighted by atomic mass is 15.0. The summed E-state index contributed by atoms with van der Waals surface area (Å²) in [7, 11) is 0. The number of rotatable bonds is 5. The van der Waals surface area contributed by atoms with Crippen LogP contribution in [0.2, 0.25) is 0 Å². The van der Waals surface area contributed by atoms with E-state index in [2.05, 4.69) is 141 Å². The fourth-order valence-corrected chi connectivity index (χ4v) is 9.88. The molecule has 0 N–H and O–H groups in total. The third-order valence-corrected chi connectivity index (χ3v) is 12.2. The van der Waals surface area contributed by atoms with Crippen molar-refractivity contribution in [3.05, 3.63) is 205 Å². The quantitative estimate of drug-likeness (QED) is 0.130. The zero-order chi connectivity index (χ0) is 39.9. The van der Waals surface area contributed by atoms with Crippen LogP contribution in [0.15, 0.2) is 188 Å². The molecule has 0 amide bonds. The summed E-state index contributed by atoms with van der Waals surface area (Å²) in [5, 5.41) is 20.6. The molecule has 3 aromatic heterocycles. The molecule has 12 rings (SSSR count). The highest BCUT2D eigenvalue weighted by Crippen LogP contribution is 2.53.